The predicted molar refractivity (Wildman–Crippen MR) is 93.8 cm³/mol. The van der Waals surface area contributed by atoms with E-state index in [2.05, 4.69) is 20.6 Å². The molecule has 0 radical (unpaired) electrons. The molecule has 0 aliphatic carbocycles. The molecule has 1 aromatic carbocycles. The van der Waals surface area contributed by atoms with Gasteiger partial charge in [-0.25, -0.2) is 9.78 Å². The number of nitrogens with one attached hydrogen (secondary N) is 3. The van der Waals surface area contributed by atoms with Crippen LogP contribution in [0.3, 0.4) is 0 Å². The van der Waals surface area contributed by atoms with Crippen molar-refractivity contribution in [1.29, 1.82) is 0 Å². The van der Waals surface area contributed by atoms with Gasteiger partial charge in [0.2, 0.25) is 5.91 Å². The van der Waals surface area contributed by atoms with Crippen LogP contribution in [0.4, 0.5) is 4.79 Å². The number of amides is 4. The first-order chi connectivity index (χ1) is 12.6. The Kier molecular flexibility index (Phi) is 5.62. The third-order valence-corrected chi connectivity index (χ3v) is 4.22. The number of urea groups is 1. The Bertz CT molecular complexity index is 760. The maximum Gasteiger partial charge on any atom is 0.325 e. The number of aromatic nitrogens is 2. The minimum Gasteiger partial charge on any atom is -0.356 e. The third-order valence-electron chi connectivity index (χ3n) is 4.22. The van der Waals surface area contributed by atoms with Crippen LogP contribution in [0.5, 0.6) is 0 Å². The number of imidazole rings is 1. The Labute approximate surface area is 151 Å². The van der Waals surface area contributed by atoms with E-state index in [0.717, 1.165) is 11.3 Å². The molecule has 1 fully saturated rings. The molecule has 0 saturated carbocycles. The molecule has 3 rings (SSSR count). The summed E-state index contributed by atoms with van der Waals surface area (Å²) in [4.78, 5) is 44.4. The molecule has 1 saturated heterocycles. The van der Waals surface area contributed by atoms with Crippen LogP contribution in [0.15, 0.2) is 42.9 Å². The minimum absolute atomic E-state index is 0.145. The summed E-state index contributed by atoms with van der Waals surface area (Å²) in [5.41, 5.74) is 1.83. The van der Waals surface area contributed by atoms with Gasteiger partial charge in [0.15, 0.2) is 0 Å². The normalized spacial score (nSPS) is 16.6. The van der Waals surface area contributed by atoms with Crippen molar-refractivity contribution in [2.45, 2.75) is 31.8 Å². The lowest BCUT2D eigenvalue weighted by Crippen LogP contribution is -2.33. The highest BCUT2D eigenvalue weighted by atomic mass is 16.2. The summed E-state index contributed by atoms with van der Waals surface area (Å²) in [6.07, 6.45) is 4.42. The fourth-order valence-electron chi connectivity index (χ4n) is 2.81. The number of carbonyl (C=O) groups is 3. The summed E-state index contributed by atoms with van der Waals surface area (Å²) >= 11 is 0. The molecule has 4 amide bonds. The number of H-pyrrole nitrogens is 1. The van der Waals surface area contributed by atoms with E-state index in [1.807, 2.05) is 30.3 Å². The van der Waals surface area contributed by atoms with Crippen molar-refractivity contribution in [2.75, 3.05) is 6.54 Å². The molecule has 3 N–H and O–H groups in total. The van der Waals surface area contributed by atoms with E-state index in [9.17, 15) is 14.4 Å². The molecule has 0 unspecified atom stereocenters. The maximum atomic E-state index is 12.4. The lowest BCUT2D eigenvalue weighted by Gasteiger charge is -2.13. The van der Waals surface area contributed by atoms with Crippen LogP contribution in [0.1, 0.15) is 24.1 Å². The van der Waals surface area contributed by atoms with Crippen LogP contribution < -0.4 is 10.6 Å². The number of rotatable bonds is 8. The summed E-state index contributed by atoms with van der Waals surface area (Å²) in [5, 5.41) is 5.45. The van der Waals surface area contributed by atoms with E-state index in [1.165, 1.54) is 4.90 Å². The lowest BCUT2D eigenvalue weighted by molar-refractivity contribution is -0.128. The van der Waals surface area contributed by atoms with Crippen LogP contribution >= 0.6 is 0 Å². The number of aromatic amines is 1. The largest absolute Gasteiger partial charge is 0.356 e. The third kappa shape index (κ3) is 4.47. The van der Waals surface area contributed by atoms with Crippen LogP contribution in [-0.2, 0) is 22.6 Å². The first-order valence-electron chi connectivity index (χ1n) is 8.53. The molecule has 0 bridgehead atoms. The Morgan fingerprint density at radius 3 is 2.77 bits per heavy atom. The van der Waals surface area contributed by atoms with E-state index in [4.69, 9.17) is 0 Å². The molecule has 26 heavy (non-hydrogen) atoms. The molecule has 1 aromatic heterocycles. The highest BCUT2D eigenvalue weighted by molar-refractivity contribution is 6.04. The van der Waals surface area contributed by atoms with Gasteiger partial charge in [0.05, 0.1) is 12.9 Å². The van der Waals surface area contributed by atoms with Crippen LogP contribution in [0.25, 0.3) is 0 Å². The monoisotopic (exact) mass is 355 g/mol. The predicted octanol–water partition coefficient (Wildman–Crippen LogP) is 0.969. The highest BCUT2D eigenvalue weighted by Gasteiger charge is 2.37. The van der Waals surface area contributed by atoms with Gasteiger partial charge < -0.3 is 15.6 Å². The second kappa shape index (κ2) is 8.28. The van der Waals surface area contributed by atoms with Gasteiger partial charge in [-0.3, -0.25) is 14.5 Å². The van der Waals surface area contributed by atoms with Crippen molar-refractivity contribution in [3.63, 3.8) is 0 Å². The molecule has 8 heteroatoms. The maximum absolute atomic E-state index is 12.4. The van der Waals surface area contributed by atoms with E-state index in [-0.39, 0.29) is 31.2 Å². The number of imide groups is 1. The first-order valence-corrected chi connectivity index (χ1v) is 8.53. The molecule has 1 atom stereocenters. The van der Waals surface area contributed by atoms with Crippen LogP contribution in [0, 0.1) is 0 Å². The number of benzene rings is 1. The van der Waals surface area contributed by atoms with Crippen molar-refractivity contribution in [2.24, 2.45) is 0 Å². The number of carbonyl (C=O) groups excluding carboxylic acids is 3. The molecule has 0 spiro atoms. The SMILES string of the molecule is O=C(CC[C@@H]1NC(=O)N(Cc2ccccc2)C1=O)NCCc1cnc[nH]1. The zero-order valence-corrected chi connectivity index (χ0v) is 14.3. The zero-order valence-electron chi connectivity index (χ0n) is 14.3. The molecule has 2 heterocycles. The topological polar surface area (TPSA) is 107 Å². The molecule has 1 aliphatic rings. The standard InChI is InChI=1S/C18H21N5O3/c24-16(20-9-8-14-10-19-12-21-14)7-6-15-17(25)23(18(26)22-15)11-13-4-2-1-3-5-13/h1-5,10,12,15H,6-9,11H2,(H,19,21)(H,20,24)(H,22,26)/t15-/m0/s1. The van der Waals surface area contributed by atoms with Gasteiger partial charge in [0, 0.05) is 31.3 Å². The summed E-state index contributed by atoms with van der Waals surface area (Å²) in [6.45, 7) is 0.727. The van der Waals surface area contributed by atoms with Crippen LogP contribution in [-0.4, -0.2) is 45.3 Å². The second-order valence-electron chi connectivity index (χ2n) is 6.13. The first kappa shape index (κ1) is 17.7. The van der Waals surface area contributed by atoms with Crippen molar-refractivity contribution < 1.29 is 14.4 Å². The van der Waals surface area contributed by atoms with E-state index >= 15 is 0 Å². The van der Waals surface area contributed by atoms with Gasteiger partial charge in [-0.2, -0.15) is 0 Å². The Hall–Kier alpha value is -3.16. The molecule has 2 aromatic rings. The molecular formula is C18H21N5O3. The lowest BCUT2D eigenvalue weighted by atomic mass is 10.1. The number of hydrogen-bond donors (Lipinski definition) is 3. The summed E-state index contributed by atoms with van der Waals surface area (Å²) in [6, 6.07) is 8.26. The fourth-order valence-corrected chi connectivity index (χ4v) is 2.81. The summed E-state index contributed by atoms with van der Waals surface area (Å²) < 4.78 is 0. The van der Waals surface area contributed by atoms with Gasteiger partial charge in [0.1, 0.15) is 6.04 Å². The van der Waals surface area contributed by atoms with Crippen molar-refractivity contribution in [1.82, 2.24) is 25.5 Å². The average molecular weight is 355 g/mol. The van der Waals surface area contributed by atoms with E-state index in [0.29, 0.717) is 13.0 Å². The van der Waals surface area contributed by atoms with Crippen LogP contribution in [0.2, 0.25) is 0 Å². The Balaban J connectivity index is 1.42. The second-order valence-corrected chi connectivity index (χ2v) is 6.13. The minimum atomic E-state index is -0.649. The Morgan fingerprint density at radius 1 is 1.23 bits per heavy atom. The van der Waals surface area contributed by atoms with Crippen molar-refractivity contribution in [3.05, 3.63) is 54.1 Å². The zero-order chi connectivity index (χ0) is 18.4. The van der Waals surface area contributed by atoms with Gasteiger partial charge >= 0.3 is 6.03 Å². The van der Waals surface area contributed by atoms with E-state index in [1.54, 1.807) is 12.5 Å². The van der Waals surface area contributed by atoms with E-state index < -0.39 is 12.1 Å². The van der Waals surface area contributed by atoms with Gasteiger partial charge in [-0.1, -0.05) is 30.3 Å². The van der Waals surface area contributed by atoms with Gasteiger partial charge in [-0.05, 0) is 12.0 Å². The van der Waals surface area contributed by atoms with Crippen molar-refractivity contribution in [3.8, 4) is 0 Å². The fraction of sp³-hybridized carbons (Fsp3) is 0.333. The van der Waals surface area contributed by atoms with Gasteiger partial charge in [-0.15, -0.1) is 0 Å². The smallest absolute Gasteiger partial charge is 0.325 e. The quantitative estimate of drug-likeness (QED) is 0.613. The molecule has 8 nitrogen and oxygen atoms in total. The average Bonchev–Trinajstić information content (AvgIpc) is 3.25. The Morgan fingerprint density at radius 2 is 2.04 bits per heavy atom. The molecule has 1 aliphatic heterocycles. The van der Waals surface area contributed by atoms with Gasteiger partial charge in [0.25, 0.3) is 5.91 Å². The highest BCUT2D eigenvalue weighted by Crippen LogP contribution is 2.15. The molecule has 136 valence electrons. The summed E-state index contributed by atoms with van der Waals surface area (Å²) in [5.74, 6) is -0.433. The van der Waals surface area contributed by atoms with Crippen molar-refractivity contribution >= 4 is 17.8 Å². The summed E-state index contributed by atoms with van der Waals surface area (Å²) in [7, 11) is 0. The number of nitrogens with zero attached hydrogens (tertiary/aromatic N) is 2. The molecular weight excluding hydrogens is 334 g/mol. The number of hydrogen-bond acceptors (Lipinski definition) is 4.